The van der Waals surface area contributed by atoms with E-state index >= 15 is 0 Å². The number of esters is 1. The van der Waals surface area contributed by atoms with Crippen LogP contribution in [0.2, 0.25) is 0 Å². The Balaban J connectivity index is 1.47. The number of rotatable bonds is 7. The number of benzene rings is 1. The van der Waals surface area contributed by atoms with Crippen molar-refractivity contribution in [2.24, 2.45) is 0 Å². The van der Waals surface area contributed by atoms with Gasteiger partial charge in [0.2, 0.25) is 11.7 Å². The number of anilines is 1. The standard InChI is InChI=1S/C21H23BrN4O3S/c1-2-28-19(27)18-16(15-11-13(22)5-8-17(15)29-18)12-30-21-24-23-20(25-9-3-4-10-25)26(21)14-6-7-14/h5,8,11,14H,2-4,6-7,9-10,12H2,1H3. The average molecular weight is 491 g/mol. The van der Waals surface area contributed by atoms with Crippen LogP contribution < -0.4 is 4.90 Å². The van der Waals surface area contributed by atoms with Crippen molar-refractivity contribution in [2.45, 2.75) is 49.6 Å². The number of hydrogen-bond acceptors (Lipinski definition) is 7. The predicted molar refractivity (Wildman–Crippen MR) is 119 cm³/mol. The van der Waals surface area contributed by atoms with Gasteiger partial charge in [-0.25, -0.2) is 4.79 Å². The van der Waals surface area contributed by atoms with E-state index in [0.717, 1.165) is 39.6 Å². The monoisotopic (exact) mass is 490 g/mol. The van der Waals surface area contributed by atoms with Gasteiger partial charge in [-0.3, -0.25) is 4.57 Å². The van der Waals surface area contributed by atoms with Crippen molar-refractivity contribution < 1.29 is 13.9 Å². The smallest absolute Gasteiger partial charge is 0.374 e. The van der Waals surface area contributed by atoms with Crippen LogP contribution in [0.15, 0.2) is 32.2 Å². The molecule has 7 nitrogen and oxygen atoms in total. The summed E-state index contributed by atoms with van der Waals surface area (Å²) in [5.41, 5.74) is 1.51. The van der Waals surface area contributed by atoms with Gasteiger partial charge in [0.25, 0.3) is 0 Å². The van der Waals surface area contributed by atoms with Crippen molar-refractivity contribution in [3.05, 3.63) is 34.0 Å². The molecule has 1 saturated carbocycles. The largest absolute Gasteiger partial charge is 0.460 e. The van der Waals surface area contributed by atoms with Gasteiger partial charge in [-0.2, -0.15) is 0 Å². The predicted octanol–water partition coefficient (Wildman–Crippen LogP) is 5.19. The van der Waals surface area contributed by atoms with Gasteiger partial charge in [-0.05, 0) is 50.8 Å². The molecular weight excluding hydrogens is 468 g/mol. The summed E-state index contributed by atoms with van der Waals surface area (Å²) in [6.07, 6.45) is 4.75. The van der Waals surface area contributed by atoms with E-state index in [1.807, 2.05) is 18.2 Å². The number of nitrogens with zero attached hydrogens (tertiary/aromatic N) is 4. The molecule has 2 aliphatic rings. The number of fused-ring (bicyclic) bond motifs is 1. The van der Waals surface area contributed by atoms with Crippen molar-refractivity contribution in [1.82, 2.24) is 14.8 Å². The first-order valence-electron chi connectivity index (χ1n) is 10.4. The van der Waals surface area contributed by atoms with Gasteiger partial charge in [0.15, 0.2) is 5.16 Å². The van der Waals surface area contributed by atoms with Gasteiger partial charge in [0, 0.05) is 40.3 Å². The number of halogens is 1. The fraction of sp³-hybridized carbons (Fsp3) is 0.476. The highest BCUT2D eigenvalue weighted by molar-refractivity contribution is 9.10. The number of carbonyl (C=O) groups is 1. The summed E-state index contributed by atoms with van der Waals surface area (Å²) in [6.45, 7) is 4.19. The molecule has 3 aromatic rings. The minimum absolute atomic E-state index is 0.273. The van der Waals surface area contributed by atoms with E-state index in [1.165, 1.54) is 25.7 Å². The van der Waals surface area contributed by atoms with Crippen molar-refractivity contribution >= 4 is 50.6 Å². The molecule has 0 atom stereocenters. The van der Waals surface area contributed by atoms with Crippen molar-refractivity contribution in [1.29, 1.82) is 0 Å². The van der Waals surface area contributed by atoms with Crippen LogP contribution in [0.25, 0.3) is 11.0 Å². The van der Waals surface area contributed by atoms with Crippen molar-refractivity contribution in [2.75, 3.05) is 24.6 Å². The molecule has 2 fully saturated rings. The van der Waals surface area contributed by atoms with Crippen LogP contribution in [0.3, 0.4) is 0 Å². The van der Waals surface area contributed by atoms with E-state index in [2.05, 4.69) is 35.6 Å². The Morgan fingerprint density at radius 1 is 1.30 bits per heavy atom. The summed E-state index contributed by atoms with van der Waals surface area (Å²) in [7, 11) is 0. The normalized spacial score (nSPS) is 16.5. The third-order valence-electron chi connectivity index (χ3n) is 5.51. The molecule has 5 rings (SSSR count). The lowest BCUT2D eigenvalue weighted by Gasteiger charge is -2.17. The van der Waals surface area contributed by atoms with E-state index < -0.39 is 5.97 Å². The Kier molecular flexibility index (Phi) is 5.49. The first-order valence-corrected chi connectivity index (χ1v) is 12.1. The fourth-order valence-electron chi connectivity index (χ4n) is 3.92. The van der Waals surface area contributed by atoms with E-state index in [0.29, 0.717) is 24.0 Å². The number of thioether (sulfide) groups is 1. The van der Waals surface area contributed by atoms with Crippen LogP contribution in [0.5, 0.6) is 0 Å². The van der Waals surface area contributed by atoms with E-state index in [1.54, 1.807) is 18.7 Å². The Morgan fingerprint density at radius 2 is 2.10 bits per heavy atom. The highest BCUT2D eigenvalue weighted by Crippen LogP contribution is 2.42. The molecule has 0 bridgehead atoms. The van der Waals surface area contributed by atoms with Crippen LogP contribution in [0.1, 0.15) is 54.8 Å². The molecule has 1 aliphatic carbocycles. The third-order valence-corrected chi connectivity index (χ3v) is 6.97. The molecule has 0 radical (unpaired) electrons. The van der Waals surface area contributed by atoms with Crippen LogP contribution >= 0.6 is 27.7 Å². The second-order valence-electron chi connectivity index (χ2n) is 7.64. The maximum Gasteiger partial charge on any atom is 0.374 e. The van der Waals surface area contributed by atoms with Gasteiger partial charge in [0.1, 0.15) is 5.58 Å². The van der Waals surface area contributed by atoms with Gasteiger partial charge in [-0.15, -0.1) is 10.2 Å². The maximum absolute atomic E-state index is 12.5. The first kappa shape index (κ1) is 19.9. The second kappa shape index (κ2) is 8.26. The number of hydrogen-bond donors (Lipinski definition) is 0. The summed E-state index contributed by atoms with van der Waals surface area (Å²) < 4.78 is 14.3. The first-order chi connectivity index (χ1) is 14.7. The Labute approximate surface area is 187 Å². The van der Waals surface area contributed by atoms with E-state index in [-0.39, 0.29) is 5.76 Å². The number of furan rings is 1. The minimum atomic E-state index is -0.429. The third kappa shape index (κ3) is 3.73. The zero-order valence-corrected chi connectivity index (χ0v) is 19.2. The molecule has 0 spiro atoms. The average Bonchev–Trinajstić information content (AvgIpc) is 3.15. The molecule has 0 N–H and O–H groups in total. The summed E-state index contributed by atoms with van der Waals surface area (Å²) in [5.74, 6) is 1.39. The molecule has 1 aliphatic heterocycles. The molecule has 30 heavy (non-hydrogen) atoms. The topological polar surface area (TPSA) is 73.4 Å². The molecule has 0 unspecified atom stereocenters. The van der Waals surface area contributed by atoms with Crippen LogP contribution in [-0.2, 0) is 10.5 Å². The SMILES string of the molecule is CCOC(=O)c1oc2ccc(Br)cc2c1CSc1nnc(N2CCCC2)n1C1CC1. The highest BCUT2D eigenvalue weighted by atomic mass is 79.9. The van der Waals surface area contributed by atoms with Gasteiger partial charge < -0.3 is 14.1 Å². The minimum Gasteiger partial charge on any atom is -0.460 e. The Hall–Kier alpha value is -2.00. The molecular formula is C21H23BrN4O3S. The van der Waals surface area contributed by atoms with E-state index in [9.17, 15) is 4.79 Å². The maximum atomic E-state index is 12.5. The Morgan fingerprint density at radius 3 is 2.83 bits per heavy atom. The lowest BCUT2D eigenvalue weighted by atomic mass is 10.1. The van der Waals surface area contributed by atoms with Crippen LogP contribution in [-0.4, -0.2) is 40.4 Å². The zero-order valence-electron chi connectivity index (χ0n) is 16.8. The van der Waals surface area contributed by atoms with E-state index in [4.69, 9.17) is 9.15 Å². The molecule has 0 amide bonds. The van der Waals surface area contributed by atoms with Crippen LogP contribution in [0, 0.1) is 0 Å². The molecule has 2 aromatic heterocycles. The van der Waals surface area contributed by atoms with Crippen LogP contribution in [0.4, 0.5) is 5.95 Å². The number of carbonyl (C=O) groups excluding carboxylic acids is 1. The van der Waals surface area contributed by atoms with Gasteiger partial charge in [-0.1, -0.05) is 27.7 Å². The Bertz CT molecular complexity index is 1090. The molecule has 1 aromatic carbocycles. The summed E-state index contributed by atoms with van der Waals surface area (Å²) in [4.78, 5) is 14.9. The zero-order chi connectivity index (χ0) is 20.7. The fourth-order valence-corrected chi connectivity index (χ4v) is 5.30. The molecule has 1 saturated heterocycles. The highest BCUT2D eigenvalue weighted by Gasteiger charge is 2.33. The second-order valence-corrected chi connectivity index (χ2v) is 9.50. The summed E-state index contributed by atoms with van der Waals surface area (Å²) >= 11 is 5.13. The van der Waals surface area contributed by atoms with Crippen molar-refractivity contribution in [3.8, 4) is 0 Å². The quantitative estimate of drug-likeness (QED) is 0.333. The van der Waals surface area contributed by atoms with Gasteiger partial charge >= 0.3 is 5.97 Å². The molecule has 158 valence electrons. The lowest BCUT2D eigenvalue weighted by Crippen LogP contribution is -2.22. The molecule has 3 heterocycles. The number of aromatic nitrogens is 3. The summed E-state index contributed by atoms with van der Waals surface area (Å²) in [6, 6.07) is 6.25. The van der Waals surface area contributed by atoms with Gasteiger partial charge in [0.05, 0.1) is 6.61 Å². The number of ether oxygens (including phenoxy) is 1. The lowest BCUT2D eigenvalue weighted by molar-refractivity contribution is 0.0491. The molecule has 9 heteroatoms. The summed E-state index contributed by atoms with van der Waals surface area (Å²) in [5, 5.41) is 10.8. The van der Waals surface area contributed by atoms with Crippen molar-refractivity contribution in [3.63, 3.8) is 0 Å².